The van der Waals surface area contributed by atoms with E-state index in [1.165, 1.54) is 0 Å². The van der Waals surface area contributed by atoms with E-state index in [4.69, 9.17) is 11.6 Å². The standard InChI is InChI=1S/C23H25ClN4O2/c1-26-12-9-19(10-13-26)27(2)22(29)20-14-17-4-3-11-25-21(17)28(23(20)30)15-16-5-7-18(24)8-6-16/h3-8,11,14,19H,9-10,12-13,15H2,1-2H3. The maximum absolute atomic E-state index is 13.4. The van der Waals surface area contributed by atoms with Crippen molar-refractivity contribution in [3.63, 3.8) is 0 Å². The molecule has 6 nitrogen and oxygen atoms in total. The van der Waals surface area contributed by atoms with E-state index in [2.05, 4.69) is 16.9 Å². The minimum absolute atomic E-state index is 0.141. The van der Waals surface area contributed by atoms with Crippen molar-refractivity contribution in [2.75, 3.05) is 27.2 Å². The lowest BCUT2D eigenvalue weighted by Gasteiger charge is -2.35. The molecule has 3 heterocycles. The van der Waals surface area contributed by atoms with Crippen molar-refractivity contribution in [3.05, 3.63) is 75.2 Å². The van der Waals surface area contributed by atoms with Gasteiger partial charge in [0.15, 0.2) is 0 Å². The first-order valence-electron chi connectivity index (χ1n) is 10.1. The fraction of sp³-hybridized carbons (Fsp3) is 0.348. The number of aromatic nitrogens is 2. The summed E-state index contributed by atoms with van der Waals surface area (Å²) in [6, 6.07) is 12.9. The number of fused-ring (bicyclic) bond motifs is 1. The fourth-order valence-corrected chi connectivity index (χ4v) is 4.14. The second kappa shape index (κ2) is 8.58. The number of likely N-dealkylation sites (tertiary alicyclic amines) is 1. The highest BCUT2D eigenvalue weighted by atomic mass is 35.5. The zero-order chi connectivity index (χ0) is 21.3. The van der Waals surface area contributed by atoms with Crippen LogP contribution in [0.15, 0.2) is 53.5 Å². The Balaban J connectivity index is 1.73. The highest BCUT2D eigenvalue weighted by Crippen LogP contribution is 2.19. The van der Waals surface area contributed by atoms with Gasteiger partial charge in [0, 0.05) is 29.7 Å². The molecule has 3 aromatic rings. The van der Waals surface area contributed by atoms with Crippen LogP contribution in [0.1, 0.15) is 28.8 Å². The number of nitrogens with zero attached hydrogens (tertiary/aromatic N) is 4. The first-order valence-corrected chi connectivity index (χ1v) is 10.5. The molecule has 0 spiro atoms. The van der Waals surface area contributed by atoms with Crippen molar-refractivity contribution in [3.8, 4) is 0 Å². The maximum Gasteiger partial charge on any atom is 0.265 e. The number of piperidine rings is 1. The van der Waals surface area contributed by atoms with Gasteiger partial charge in [-0.25, -0.2) is 4.98 Å². The Hall–Kier alpha value is -2.70. The Kier molecular flexibility index (Phi) is 5.88. The summed E-state index contributed by atoms with van der Waals surface area (Å²) >= 11 is 5.99. The van der Waals surface area contributed by atoms with Crippen LogP contribution < -0.4 is 5.56 Å². The van der Waals surface area contributed by atoms with Crippen molar-refractivity contribution >= 4 is 28.5 Å². The summed E-state index contributed by atoms with van der Waals surface area (Å²) < 4.78 is 1.58. The summed E-state index contributed by atoms with van der Waals surface area (Å²) in [5.41, 5.74) is 1.35. The number of pyridine rings is 2. The van der Waals surface area contributed by atoms with Gasteiger partial charge in [-0.15, -0.1) is 0 Å². The third-order valence-corrected chi connectivity index (χ3v) is 6.14. The van der Waals surface area contributed by atoms with E-state index in [0.717, 1.165) is 36.9 Å². The summed E-state index contributed by atoms with van der Waals surface area (Å²) in [4.78, 5) is 35.1. The highest BCUT2D eigenvalue weighted by molar-refractivity contribution is 6.30. The lowest BCUT2D eigenvalue weighted by Crippen LogP contribution is -2.46. The van der Waals surface area contributed by atoms with Gasteiger partial charge in [0.05, 0.1) is 6.54 Å². The second-order valence-electron chi connectivity index (χ2n) is 7.94. The van der Waals surface area contributed by atoms with Gasteiger partial charge >= 0.3 is 0 Å². The van der Waals surface area contributed by atoms with Crippen molar-refractivity contribution in [1.82, 2.24) is 19.4 Å². The summed E-state index contributed by atoms with van der Waals surface area (Å²) in [7, 11) is 3.89. The summed E-state index contributed by atoms with van der Waals surface area (Å²) in [5.74, 6) is -0.231. The van der Waals surface area contributed by atoms with E-state index in [-0.39, 0.29) is 23.1 Å². The molecule has 0 bridgehead atoms. The van der Waals surface area contributed by atoms with E-state index in [9.17, 15) is 9.59 Å². The van der Waals surface area contributed by atoms with Gasteiger partial charge in [-0.2, -0.15) is 0 Å². The monoisotopic (exact) mass is 424 g/mol. The molecular weight excluding hydrogens is 400 g/mol. The van der Waals surface area contributed by atoms with Crippen molar-refractivity contribution in [2.24, 2.45) is 0 Å². The van der Waals surface area contributed by atoms with Gasteiger partial charge in [0.25, 0.3) is 11.5 Å². The second-order valence-corrected chi connectivity index (χ2v) is 8.38. The Bertz CT molecular complexity index is 1120. The van der Waals surface area contributed by atoms with Crippen LogP contribution in [0.25, 0.3) is 11.0 Å². The van der Waals surface area contributed by atoms with Gasteiger partial charge in [-0.1, -0.05) is 23.7 Å². The maximum atomic E-state index is 13.4. The summed E-state index contributed by atoms with van der Waals surface area (Å²) in [6.07, 6.45) is 3.48. The van der Waals surface area contributed by atoms with Crippen LogP contribution in [0, 0.1) is 0 Å². The van der Waals surface area contributed by atoms with E-state index < -0.39 is 0 Å². The van der Waals surface area contributed by atoms with Crippen LogP contribution in [0.4, 0.5) is 0 Å². The molecule has 1 amide bonds. The topological polar surface area (TPSA) is 58.4 Å². The molecule has 1 fully saturated rings. The van der Waals surface area contributed by atoms with Crippen LogP contribution in [-0.4, -0.2) is 58.5 Å². The van der Waals surface area contributed by atoms with Gasteiger partial charge in [-0.05, 0) is 68.9 Å². The van der Waals surface area contributed by atoms with Crippen LogP contribution in [0.3, 0.4) is 0 Å². The van der Waals surface area contributed by atoms with Gasteiger partial charge in [0.1, 0.15) is 11.2 Å². The molecule has 0 N–H and O–H groups in total. The molecular formula is C23H25ClN4O2. The highest BCUT2D eigenvalue weighted by Gasteiger charge is 2.27. The molecule has 4 rings (SSSR count). The number of carbonyl (C=O) groups is 1. The van der Waals surface area contributed by atoms with Gasteiger partial charge in [0.2, 0.25) is 0 Å². The Morgan fingerprint density at radius 2 is 1.90 bits per heavy atom. The minimum atomic E-state index is -0.319. The number of carbonyl (C=O) groups excluding carboxylic acids is 1. The van der Waals surface area contributed by atoms with Crippen molar-refractivity contribution in [1.29, 1.82) is 0 Å². The molecule has 7 heteroatoms. The quantitative estimate of drug-likeness (QED) is 0.645. The zero-order valence-electron chi connectivity index (χ0n) is 17.2. The van der Waals surface area contributed by atoms with Crippen molar-refractivity contribution in [2.45, 2.75) is 25.4 Å². The lowest BCUT2D eigenvalue weighted by atomic mass is 10.0. The molecule has 0 unspecified atom stereocenters. The van der Waals surface area contributed by atoms with Crippen molar-refractivity contribution < 1.29 is 4.79 Å². The summed E-state index contributed by atoms with van der Waals surface area (Å²) in [5, 5.41) is 1.41. The lowest BCUT2D eigenvalue weighted by molar-refractivity contribution is 0.0657. The van der Waals surface area contributed by atoms with Gasteiger partial charge in [-0.3, -0.25) is 14.2 Å². The first kappa shape index (κ1) is 20.6. The molecule has 1 aliphatic rings. The largest absolute Gasteiger partial charge is 0.338 e. The first-order chi connectivity index (χ1) is 14.4. The van der Waals surface area contributed by atoms with Gasteiger partial charge < -0.3 is 9.80 Å². The molecule has 1 aliphatic heterocycles. The van der Waals surface area contributed by atoms with E-state index in [1.807, 2.05) is 24.3 Å². The normalized spacial score (nSPS) is 15.4. The van der Waals surface area contributed by atoms with Crippen LogP contribution in [0.5, 0.6) is 0 Å². The number of benzene rings is 1. The number of hydrogen-bond acceptors (Lipinski definition) is 4. The zero-order valence-corrected chi connectivity index (χ0v) is 18.0. The van der Waals surface area contributed by atoms with Crippen LogP contribution in [-0.2, 0) is 6.54 Å². The molecule has 1 saturated heterocycles. The number of hydrogen-bond donors (Lipinski definition) is 0. The molecule has 0 saturated carbocycles. The Morgan fingerprint density at radius 3 is 2.60 bits per heavy atom. The number of amides is 1. The molecule has 156 valence electrons. The van der Waals surface area contributed by atoms with E-state index >= 15 is 0 Å². The molecule has 0 radical (unpaired) electrons. The predicted molar refractivity (Wildman–Crippen MR) is 119 cm³/mol. The summed E-state index contributed by atoms with van der Waals surface area (Å²) in [6.45, 7) is 2.22. The Labute approximate surface area is 180 Å². The smallest absolute Gasteiger partial charge is 0.265 e. The molecule has 0 atom stereocenters. The van der Waals surface area contributed by atoms with E-state index in [1.54, 1.807) is 40.9 Å². The van der Waals surface area contributed by atoms with Crippen LogP contribution >= 0.6 is 11.6 Å². The molecule has 30 heavy (non-hydrogen) atoms. The fourth-order valence-electron chi connectivity index (χ4n) is 4.02. The molecule has 0 aliphatic carbocycles. The third-order valence-electron chi connectivity index (χ3n) is 5.89. The SMILES string of the molecule is CN1CCC(N(C)C(=O)c2cc3cccnc3n(Cc3ccc(Cl)cc3)c2=O)CC1. The van der Waals surface area contributed by atoms with E-state index in [0.29, 0.717) is 17.2 Å². The van der Waals surface area contributed by atoms with Crippen LogP contribution in [0.2, 0.25) is 5.02 Å². The average molecular weight is 425 g/mol. The third kappa shape index (κ3) is 4.11. The predicted octanol–water partition coefficient (Wildman–Crippen LogP) is 3.26. The molecule has 2 aromatic heterocycles. The average Bonchev–Trinajstić information content (AvgIpc) is 2.76. The number of rotatable bonds is 4. The minimum Gasteiger partial charge on any atom is -0.338 e. The molecule has 1 aromatic carbocycles. The Morgan fingerprint density at radius 1 is 1.20 bits per heavy atom. The number of halogens is 1.